The molecular weight excluding hydrogens is 723 g/mol. The normalized spacial score (nSPS) is 21.5. The van der Waals surface area contributed by atoms with E-state index in [9.17, 15) is 0 Å². The molecule has 4 heterocycles. The van der Waals surface area contributed by atoms with Crippen molar-refractivity contribution in [3.63, 3.8) is 0 Å². The van der Waals surface area contributed by atoms with Crippen LogP contribution >= 0.6 is 0 Å². The summed E-state index contributed by atoms with van der Waals surface area (Å²) >= 11 is 0. The molecule has 4 aliphatic heterocycles. The van der Waals surface area contributed by atoms with E-state index in [4.69, 9.17) is 0 Å². The second kappa shape index (κ2) is 11.3. The molecule has 7 aromatic carbocycles. The highest BCUT2D eigenvalue weighted by molar-refractivity contribution is 6.93. The number of para-hydroxylation sites is 2. The summed E-state index contributed by atoms with van der Waals surface area (Å²) in [6.07, 6.45) is 4.93. The van der Waals surface area contributed by atoms with Crippen molar-refractivity contribution in [1.82, 2.24) is 0 Å². The molecular formula is C57H51BN2. The minimum Gasteiger partial charge on any atom is -0.376 e. The molecule has 0 radical (unpaired) electrons. The number of anilines is 4. The molecule has 2 unspecified atom stereocenters. The van der Waals surface area contributed by atoms with Gasteiger partial charge in [-0.3, -0.25) is 0 Å². The van der Waals surface area contributed by atoms with Gasteiger partial charge >= 0.3 is 6.85 Å². The van der Waals surface area contributed by atoms with Gasteiger partial charge in [0.2, 0.25) is 0 Å². The zero-order valence-corrected chi connectivity index (χ0v) is 36.0. The van der Waals surface area contributed by atoms with Crippen LogP contribution in [0.15, 0.2) is 133 Å². The minimum absolute atomic E-state index is 0.000658. The van der Waals surface area contributed by atoms with Crippen LogP contribution in [0.3, 0.4) is 0 Å². The monoisotopic (exact) mass is 774 g/mol. The van der Waals surface area contributed by atoms with Crippen molar-refractivity contribution >= 4 is 40.5 Å². The average molecular weight is 775 g/mol. The molecule has 3 heteroatoms. The molecule has 1 spiro atoms. The maximum absolute atomic E-state index is 2.91. The third-order valence-electron chi connectivity index (χ3n) is 16.6. The lowest BCUT2D eigenvalue weighted by molar-refractivity contribution is 0.195. The Morgan fingerprint density at radius 3 is 1.88 bits per heavy atom. The summed E-state index contributed by atoms with van der Waals surface area (Å²) in [4.78, 5) is 5.73. The highest BCUT2D eigenvalue weighted by Crippen LogP contribution is 2.67. The predicted molar refractivity (Wildman–Crippen MR) is 253 cm³/mol. The van der Waals surface area contributed by atoms with Crippen molar-refractivity contribution in [2.24, 2.45) is 0 Å². The van der Waals surface area contributed by atoms with Crippen molar-refractivity contribution in [1.29, 1.82) is 0 Å². The first-order valence-corrected chi connectivity index (χ1v) is 22.4. The fourth-order valence-electron chi connectivity index (χ4n) is 13.7. The summed E-state index contributed by atoms with van der Waals surface area (Å²) in [5.74, 6) is 0. The molecule has 0 bridgehead atoms. The maximum atomic E-state index is 2.91. The molecule has 13 rings (SSSR count). The van der Waals surface area contributed by atoms with E-state index < -0.39 is 5.41 Å². The second-order valence-electron chi connectivity index (χ2n) is 20.4. The van der Waals surface area contributed by atoms with Crippen LogP contribution in [0.5, 0.6) is 0 Å². The zero-order chi connectivity index (χ0) is 40.7. The quantitative estimate of drug-likeness (QED) is 0.153. The molecule has 6 aliphatic rings. The molecule has 0 aromatic heterocycles. The largest absolute Gasteiger partial charge is 0.376 e. The van der Waals surface area contributed by atoms with Crippen molar-refractivity contribution in [3.8, 4) is 33.4 Å². The molecule has 2 aliphatic carbocycles. The fraction of sp³-hybridized carbons (Fsp3) is 0.263. The summed E-state index contributed by atoms with van der Waals surface area (Å²) in [6, 6.07) is 52.6. The topological polar surface area (TPSA) is 6.48 Å². The molecule has 60 heavy (non-hydrogen) atoms. The zero-order valence-electron chi connectivity index (χ0n) is 36.0. The summed E-state index contributed by atoms with van der Waals surface area (Å²) in [6.45, 7) is 17.1. The van der Waals surface area contributed by atoms with Crippen LogP contribution in [0.25, 0.3) is 33.4 Å². The first-order valence-electron chi connectivity index (χ1n) is 22.4. The van der Waals surface area contributed by atoms with Crippen LogP contribution < -0.4 is 20.6 Å². The summed E-state index contributed by atoms with van der Waals surface area (Å²) in [5, 5.41) is 0. The maximum Gasteiger partial charge on any atom is 0.333 e. The molecule has 7 aromatic rings. The Labute approximate surface area is 356 Å². The van der Waals surface area contributed by atoms with Gasteiger partial charge in [-0.1, -0.05) is 156 Å². The Hall–Kier alpha value is -5.80. The van der Waals surface area contributed by atoms with Crippen molar-refractivity contribution in [2.75, 3.05) is 9.71 Å². The highest BCUT2D eigenvalue weighted by Gasteiger charge is 2.63. The van der Waals surface area contributed by atoms with Gasteiger partial charge in [0, 0.05) is 33.7 Å². The van der Waals surface area contributed by atoms with E-state index in [-0.39, 0.29) is 23.2 Å². The van der Waals surface area contributed by atoms with Gasteiger partial charge in [0.1, 0.15) is 0 Å². The van der Waals surface area contributed by atoms with Crippen LogP contribution in [0, 0.1) is 13.8 Å². The van der Waals surface area contributed by atoms with E-state index in [0.29, 0.717) is 0 Å². The summed E-state index contributed by atoms with van der Waals surface area (Å²) in [5.41, 5.74) is 27.3. The van der Waals surface area contributed by atoms with Gasteiger partial charge in [-0.05, 0) is 140 Å². The van der Waals surface area contributed by atoms with Crippen LogP contribution in [-0.2, 0) is 16.2 Å². The number of hydrogen-bond acceptors (Lipinski definition) is 2. The Morgan fingerprint density at radius 1 is 0.550 bits per heavy atom. The number of fused-ring (bicyclic) bond motifs is 16. The second-order valence-corrected chi connectivity index (χ2v) is 20.4. The number of nitrogens with zero attached hydrogens (tertiary/aromatic N) is 2. The van der Waals surface area contributed by atoms with E-state index in [1.807, 2.05) is 0 Å². The number of benzene rings is 7. The lowest BCUT2D eigenvalue weighted by atomic mass is 9.41. The van der Waals surface area contributed by atoms with Crippen LogP contribution in [-0.4, -0.2) is 12.4 Å². The Kier molecular flexibility index (Phi) is 6.60. The van der Waals surface area contributed by atoms with Gasteiger partial charge in [0.05, 0.1) is 11.0 Å². The molecule has 292 valence electrons. The van der Waals surface area contributed by atoms with Gasteiger partial charge in [0.15, 0.2) is 0 Å². The van der Waals surface area contributed by atoms with Gasteiger partial charge in [-0.2, -0.15) is 0 Å². The van der Waals surface area contributed by atoms with E-state index >= 15 is 0 Å². The van der Waals surface area contributed by atoms with Gasteiger partial charge in [-0.25, -0.2) is 0 Å². The van der Waals surface area contributed by atoms with Crippen molar-refractivity contribution < 1.29 is 0 Å². The van der Waals surface area contributed by atoms with Crippen molar-refractivity contribution in [2.45, 2.75) is 95.9 Å². The van der Waals surface area contributed by atoms with E-state index in [0.717, 1.165) is 0 Å². The number of rotatable bonds is 1. The molecule has 0 N–H and O–H groups in total. The SMILES string of the molecule is Cc1cccc(C)c1-c1cc2c3c(c1)N1c4c(cc(C(C)(C)C)cc4C4(C)CCCCC14C)B3N1c3ccccc3C3(c4ccccc4-c4ccccc43)c3cccc-2c31. The van der Waals surface area contributed by atoms with E-state index in [1.54, 1.807) is 5.56 Å². The van der Waals surface area contributed by atoms with Crippen LogP contribution in [0.2, 0.25) is 0 Å². The molecule has 0 saturated heterocycles. The first-order chi connectivity index (χ1) is 29.0. The Morgan fingerprint density at radius 2 is 1.17 bits per heavy atom. The fourth-order valence-corrected chi connectivity index (χ4v) is 13.7. The molecule has 2 nitrogen and oxygen atoms in total. The lowest BCUT2D eigenvalue weighted by Crippen LogP contribution is -2.65. The Bertz CT molecular complexity index is 3010. The molecule has 0 amide bonds. The third-order valence-corrected chi connectivity index (χ3v) is 16.6. The van der Waals surface area contributed by atoms with Crippen LogP contribution in [0.4, 0.5) is 22.7 Å². The van der Waals surface area contributed by atoms with Gasteiger partial charge in [0.25, 0.3) is 0 Å². The average Bonchev–Trinajstić information content (AvgIpc) is 3.65. The predicted octanol–water partition coefficient (Wildman–Crippen LogP) is 12.9. The summed E-state index contributed by atoms with van der Waals surface area (Å²) in [7, 11) is 0. The van der Waals surface area contributed by atoms with E-state index in [1.165, 1.54) is 132 Å². The lowest BCUT2D eigenvalue weighted by Gasteiger charge is -2.55. The molecule has 1 fully saturated rings. The number of hydrogen-bond donors (Lipinski definition) is 0. The van der Waals surface area contributed by atoms with E-state index in [2.05, 4.69) is 192 Å². The van der Waals surface area contributed by atoms with Gasteiger partial charge < -0.3 is 9.71 Å². The third kappa shape index (κ3) is 3.91. The molecule has 1 saturated carbocycles. The highest BCUT2D eigenvalue weighted by atomic mass is 15.3. The Balaban J connectivity index is 1.23. The first kappa shape index (κ1) is 35.0. The minimum atomic E-state index is -0.456. The smallest absolute Gasteiger partial charge is 0.333 e. The van der Waals surface area contributed by atoms with Crippen molar-refractivity contribution in [3.05, 3.63) is 178 Å². The molecule has 2 atom stereocenters. The van der Waals surface area contributed by atoms with Gasteiger partial charge in [-0.15, -0.1) is 0 Å². The van der Waals surface area contributed by atoms with Crippen LogP contribution in [0.1, 0.15) is 105 Å². The number of aryl methyl sites for hydroxylation is 2. The standard InChI is InChI=1S/C57H51BN2/c1-34-18-16-19-35(2)50(34)36-30-41-40-22-17-26-45-52(40)60(48-27-13-12-25-44(48)57(45)42-23-10-8-20-38(42)39-21-9-11-24-43(39)57)58-47-33-37(54(3,4)5)32-46-53(47)59(49(31-36)51(41)58)56(7)29-15-14-28-55(46,56)6/h8-13,16-27,30-33H,14-15,28-29H2,1-7H3. The summed E-state index contributed by atoms with van der Waals surface area (Å²) < 4.78 is 0.